The van der Waals surface area contributed by atoms with E-state index >= 15 is 0 Å². The topological polar surface area (TPSA) is 38.9 Å². The molecule has 0 fully saturated rings. The predicted octanol–water partition coefficient (Wildman–Crippen LogP) is 3.08. The zero-order chi connectivity index (χ0) is 11.4. The average molecular weight is 232 g/mol. The molecule has 2 aromatic heterocycles. The zero-order valence-corrected chi connectivity index (χ0v) is 10.2. The van der Waals surface area contributed by atoms with Crippen LogP contribution in [0.5, 0.6) is 0 Å². The summed E-state index contributed by atoms with van der Waals surface area (Å²) in [6.45, 7) is 2.11. The van der Waals surface area contributed by atoms with E-state index in [2.05, 4.69) is 24.0 Å². The summed E-state index contributed by atoms with van der Waals surface area (Å²) in [5, 5.41) is 0. The maximum atomic E-state index is 6.15. The van der Waals surface area contributed by atoms with Crippen molar-refractivity contribution in [2.75, 3.05) is 0 Å². The van der Waals surface area contributed by atoms with Gasteiger partial charge in [0.2, 0.25) is 0 Å². The van der Waals surface area contributed by atoms with Gasteiger partial charge in [0, 0.05) is 28.2 Å². The van der Waals surface area contributed by atoms with Crippen LogP contribution in [0.4, 0.5) is 0 Å². The lowest BCUT2D eigenvalue weighted by Gasteiger charge is -2.08. The van der Waals surface area contributed by atoms with Crippen molar-refractivity contribution < 1.29 is 0 Å². The Hall–Kier alpha value is -1.19. The molecule has 0 aliphatic carbocycles. The standard InChI is InChI=1S/C13H16N2S/c1-10-2-5-13(16-10)12(14)4-3-11-6-8-15-9-7-11/h2,5-9,12H,3-4,14H2,1H3. The quantitative estimate of drug-likeness (QED) is 0.879. The van der Waals surface area contributed by atoms with Crippen LogP contribution in [0, 0.1) is 6.92 Å². The number of rotatable bonds is 4. The lowest BCUT2D eigenvalue weighted by molar-refractivity contribution is 0.661. The first-order valence-electron chi connectivity index (χ1n) is 5.46. The van der Waals surface area contributed by atoms with E-state index in [-0.39, 0.29) is 6.04 Å². The predicted molar refractivity (Wildman–Crippen MR) is 68.5 cm³/mol. The van der Waals surface area contributed by atoms with Crippen LogP contribution in [-0.4, -0.2) is 4.98 Å². The maximum Gasteiger partial charge on any atom is 0.0393 e. The van der Waals surface area contributed by atoms with Crippen molar-refractivity contribution >= 4 is 11.3 Å². The van der Waals surface area contributed by atoms with Gasteiger partial charge in [-0.1, -0.05) is 0 Å². The molecule has 2 N–H and O–H groups in total. The first kappa shape index (κ1) is 11.3. The van der Waals surface area contributed by atoms with Crippen LogP contribution in [0.2, 0.25) is 0 Å². The Morgan fingerprint density at radius 2 is 2.00 bits per heavy atom. The number of hydrogen-bond acceptors (Lipinski definition) is 3. The van der Waals surface area contributed by atoms with Gasteiger partial charge in [-0.2, -0.15) is 0 Å². The van der Waals surface area contributed by atoms with E-state index in [1.54, 1.807) is 11.3 Å². The van der Waals surface area contributed by atoms with Crippen LogP contribution in [0.25, 0.3) is 0 Å². The number of nitrogens with two attached hydrogens (primary N) is 1. The second-order valence-corrected chi connectivity index (χ2v) is 5.27. The molecule has 84 valence electrons. The molecule has 0 aliphatic rings. The number of aromatic nitrogens is 1. The van der Waals surface area contributed by atoms with Gasteiger partial charge >= 0.3 is 0 Å². The number of nitrogens with zero attached hydrogens (tertiary/aromatic N) is 1. The first-order chi connectivity index (χ1) is 7.75. The number of aryl methyl sites for hydroxylation is 2. The van der Waals surface area contributed by atoms with Gasteiger partial charge in [-0.25, -0.2) is 0 Å². The molecule has 2 aromatic rings. The number of pyridine rings is 1. The van der Waals surface area contributed by atoms with E-state index in [0.717, 1.165) is 12.8 Å². The van der Waals surface area contributed by atoms with Crippen molar-refractivity contribution in [1.82, 2.24) is 4.98 Å². The van der Waals surface area contributed by atoms with Gasteiger partial charge < -0.3 is 5.73 Å². The summed E-state index contributed by atoms with van der Waals surface area (Å²) in [6, 6.07) is 8.52. The Bertz CT molecular complexity index is 436. The molecule has 16 heavy (non-hydrogen) atoms. The molecule has 0 spiro atoms. The molecule has 0 saturated carbocycles. The number of thiophene rings is 1. The highest BCUT2D eigenvalue weighted by Crippen LogP contribution is 2.24. The third-order valence-corrected chi connectivity index (χ3v) is 3.75. The lowest BCUT2D eigenvalue weighted by Crippen LogP contribution is -2.09. The van der Waals surface area contributed by atoms with Crippen molar-refractivity contribution in [3.8, 4) is 0 Å². The Morgan fingerprint density at radius 3 is 2.62 bits per heavy atom. The smallest absolute Gasteiger partial charge is 0.0393 e. The Balaban J connectivity index is 1.91. The van der Waals surface area contributed by atoms with Crippen LogP contribution >= 0.6 is 11.3 Å². The molecule has 2 rings (SSSR count). The molecular formula is C13H16N2S. The molecule has 0 bridgehead atoms. The Kier molecular flexibility index (Phi) is 3.70. The van der Waals surface area contributed by atoms with Crippen LogP contribution < -0.4 is 5.73 Å². The molecule has 0 saturated heterocycles. The molecule has 3 heteroatoms. The van der Waals surface area contributed by atoms with Gasteiger partial charge in [0.25, 0.3) is 0 Å². The molecule has 0 radical (unpaired) electrons. The van der Waals surface area contributed by atoms with Crippen molar-refractivity contribution in [3.63, 3.8) is 0 Å². The van der Waals surface area contributed by atoms with E-state index in [1.165, 1.54) is 15.3 Å². The van der Waals surface area contributed by atoms with Gasteiger partial charge in [0.1, 0.15) is 0 Å². The minimum Gasteiger partial charge on any atom is -0.323 e. The molecule has 1 atom stereocenters. The van der Waals surface area contributed by atoms with Gasteiger partial charge in [-0.05, 0) is 49.6 Å². The van der Waals surface area contributed by atoms with E-state index in [0.29, 0.717) is 0 Å². The largest absolute Gasteiger partial charge is 0.323 e. The maximum absolute atomic E-state index is 6.15. The van der Waals surface area contributed by atoms with Crippen molar-refractivity contribution in [2.24, 2.45) is 5.73 Å². The lowest BCUT2D eigenvalue weighted by atomic mass is 10.1. The SMILES string of the molecule is Cc1ccc(C(N)CCc2ccncc2)s1. The fourth-order valence-corrected chi connectivity index (χ4v) is 2.58. The van der Waals surface area contributed by atoms with Crippen LogP contribution in [-0.2, 0) is 6.42 Å². The summed E-state index contributed by atoms with van der Waals surface area (Å²) in [7, 11) is 0. The van der Waals surface area contributed by atoms with Gasteiger partial charge in [0.05, 0.1) is 0 Å². The third-order valence-electron chi connectivity index (χ3n) is 2.62. The van der Waals surface area contributed by atoms with Gasteiger partial charge in [-0.3, -0.25) is 4.98 Å². The van der Waals surface area contributed by atoms with Crippen molar-refractivity contribution in [1.29, 1.82) is 0 Å². The molecular weight excluding hydrogens is 216 g/mol. The third kappa shape index (κ3) is 2.90. The summed E-state index contributed by atoms with van der Waals surface area (Å²) in [5.41, 5.74) is 7.46. The number of hydrogen-bond donors (Lipinski definition) is 1. The molecule has 0 amide bonds. The van der Waals surface area contributed by atoms with E-state index in [4.69, 9.17) is 5.73 Å². The van der Waals surface area contributed by atoms with Gasteiger partial charge in [0.15, 0.2) is 0 Å². The highest BCUT2D eigenvalue weighted by Gasteiger charge is 2.08. The second-order valence-electron chi connectivity index (χ2n) is 3.95. The molecule has 2 nitrogen and oxygen atoms in total. The molecule has 2 heterocycles. The second kappa shape index (κ2) is 5.23. The molecule has 1 unspecified atom stereocenters. The monoisotopic (exact) mass is 232 g/mol. The van der Waals surface area contributed by atoms with Gasteiger partial charge in [-0.15, -0.1) is 11.3 Å². The zero-order valence-electron chi connectivity index (χ0n) is 9.39. The summed E-state index contributed by atoms with van der Waals surface area (Å²) in [5.74, 6) is 0. The molecule has 0 aliphatic heterocycles. The van der Waals surface area contributed by atoms with E-state index in [9.17, 15) is 0 Å². The summed E-state index contributed by atoms with van der Waals surface area (Å²) < 4.78 is 0. The van der Waals surface area contributed by atoms with Crippen molar-refractivity contribution in [3.05, 3.63) is 52.0 Å². The fraction of sp³-hybridized carbons (Fsp3) is 0.308. The van der Waals surface area contributed by atoms with Crippen LogP contribution in [0.1, 0.15) is 27.8 Å². The molecule has 0 aromatic carbocycles. The van der Waals surface area contributed by atoms with Crippen LogP contribution in [0.3, 0.4) is 0 Å². The minimum atomic E-state index is 0.159. The summed E-state index contributed by atoms with van der Waals surface area (Å²) in [6.07, 6.45) is 5.66. The van der Waals surface area contributed by atoms with E-state index < -0.39 is 0 Å². The highest BCUT2D eigenvalue weighted by atomic mass is 32.1. The normalized spacial score (nSPS) is 12.6. The van der Waals surface area contributed by atoms with Crippen molar-refractivity contribution in [2.45, 2.75) is 25.8 Å². The van der Waals surface area contributed by atoms with Crippen LogP contribution in [0.15, 0.2) is 36.7 Å². The first-order valence-corrected chi connectivity index (χ1v) is 6.28. The fourth-order valence-electron chi connectivity index (χ4n) is 1.67. The highest BCUT2D eigenvalue weighted by molar-refractivity contribution is 7.12. The Morgan fingerprint density at radius 1 is 1.25 bits per heavy atom. The summed E-state index contributed by atoms with van der Waals surface area (Å²) in [4.78, 5) is 6.62. The summed E-state index contributed by atoms with van der Waals surface area (Å²) >= 11 is 1.79. The Labute approximate surface area is 100 Å². The average Bonchev–Trinajstić information content (AvgIpc) is 2.74. The minimum absolute atomic E-state index is 0.159. The van der Waals surface area contributed by atoms with E-state index in [1.807, 2.05) is 24.5 Å².